The molecule has 2 heterocycles. The summed E-state index contributed by atoms with van der Waals surface area (Å²) in [4.78, 5) is 21.3. The first kappa shape index (κ1) is 14.1. The Morgan fingerprint density at radius 2 is 2.17 bits per heavy atom. The number of carbonyl (C=O) groups is 1. The number of carbonyl (C=O) groups excluding carboxylic acids is 1. The summed E-state index contributed by atoms with van der Waals surface area (Å²) in [6, 6.07) is 6.22. The Balaban J connectivity index is 1.89. The van der Waals surface area contributed by atoms with Crippen LogP contribution >= 0.6 is 0 Å². The van der Waals surface area contributed by atoms with Gasteiger partial charge in [-0.15, -0.1) is 0 Å². The topological polar surface area (TPSA) is 60.7 Å². The van der Waals surface area contributed by atoms with E-state index < -0.39 is 0 Å². The number of fused-ring (bicyclic) bond motifs is 2. The second kappa shape index (κ2) is 5.26. The molecule has 1 aliphatic rings. The quantitative estimate of drug-likeness (QED) is 0.746. The van der Waals surface area contributed by atoms with Crippen LogP contribution in [-0.2, 0) is 17.8 Å². The zero-order valence-electron chi connectivity index (χ0n) is 13.3. The van der Waals surface area contributed by atoms with E-state index in [2.05, 4.69) is 47.1 Å². The molecule has 0 aliphatic heterocycles. The van der Waals surface area contributed by atoms with E-state index in [0.717, 1.165) is 40.7 Å². The second-order valence-corrected chi connectivity index (χ2v) is 6.17. The van der Waals surface area contributed by atoms with Crippen LogP contribution in [0.3, 0.4) is 0 Å². The van der Waals surface area contributed by atoms with Gasteiger partial charge in [-0.25, -0.2) is 9.97 Å². The molecule has 0 amide bonds. The van der Waals surface area contributed by atoms with Crippen LogP contribution in [0, 0.1) is 6.92 Å². The van der Waals surface area contributed by atoms with Crippen LogP contribution in [0.15, 0.2) is 30.7 Å². The highest BCUT2D eigenvalue weighted by Gasteiger charge is 2.34. The Morgan fingerprint density at radius 1 is 1.30 bits per heavy atom. The van der Waals surface area contributed by atoms with Gasteiger partial charge in [0, 0.05) is 19.2 Å². The number of hydrogen-bond acceptors (Lipinski definition) is 4. The van der Waals surface area contributed by atoms with E-state index >= 15 is 0 Å². The van der Waals surface area contributed by atoms with Crippen molar-refractivity contribution in [3.63, 3.8) is 0 Å². The van der Waals surface area contributed by atoms with E-state index in [-0.39, 0.29) is 11.7 Å². The van der Waals surface area contributed by atoms with E-state index in [4.69, 9.17) is 0 Å². The minimum atomic E-state index is -0.297. The number of nitrogens with zero attached hydrogens (tertiary/aromatic N) is 4. The molecule has 1 unspecified atom stereocenters. The Morgan fingerprint density at radius 3 is 3.00 bits per heavy atom. The summed E-state index contributed by atoms with van der Waals surface area (Å²) >= 11 is 0. The first-order valence-corrected chi connectivity index (χ1v) is 7.97. The van der Waals surface area contributed by atoms with Crippen molar-refractivity contribution in [1.82, 2.24) is 19.7 Å². The highest BCUT2D eigenvalue weighted by molar-refractivity contribution is 5.98. The number of ketones is 1. The summed E-state index contributed by atoms with van der Waals surface area (Å²) < 4.78 is 1.89. The molecule has 5 nitrogen and oxygen atoms in total. The number of aryl methyl sites for hydroxylation is 2. The zero-order chi connectivity index (χ0) is 16.0. The van der Waals surface area contributed by atoms with Crippen LogP contribution in [0.4, 0.5) is 0 Å². The van der Waals surface area contributed by atoms with Gasteiger partial charge in [0.05, 0.1) is 17.0 Å². The molecule has 0 spiro atoms. The Bertz CT molecular complexity index is 913. The van der Waals surface area contributed by atoms with Gasteiger partial charge in [0.1, 0.15) is 6.33 Å². The molecule has 4 rings (SSSR count). The van der Waals surface area contributed by atoms with Gasteiger partial charge in [0.25, 0.3) is 0 Å². The molecule has 1 atom stereocenters. The van der Waals surface area contributed by atoms with Gasteiger partial charge in [0.15, 0.2) is 11.4 Å². The fourth-order valence-corrected chi connectivity index (χ4v) is 3.38. The average molecular weight is 306 g/mol. The monoisotopic (exact) mass is 306 g/mol. The third-order valence-electron chi connectivity index (χ3n) is 4.42. The molecule has 0 fully saturated rings. The first-order valence-electron chi connectivity index (χ1n) is 7.97. The summed E-state index contributed by atoms with van der Waals surface area (Å²) in [5, 5.41) is 5.37. The largest absolute Gasteiger partial charge is 0.298 e. The number of rotatable bonds is 3. The van der Waals surface area contributed by atoms with Crippen LogP contribution in [0.2, 0.25) is 0 Å². The highest BCUT2D eigenvalue weighted by atomic mass is 16.1. The summed E-state index contributed by atoms with van der Waals surface area (Å²) in [6.45, 7) is 5.00. The lowest BCUT2D eigenvalue weighted by Gasteiger charge is -2.11. The molecule has 3 aromatic rings. The maximum absolute atomic E-state index is 12.6. The molecular formula is C18H18N4O. The van der Waals surface area contributed by atoms with Crippen molar-refractivity contribution in [2.75, 3.05) is 0 Å². The minimum absolute atomic E-state index is 0.203. The summed E-state index contributed by atoms with van der Waals surface area (Å²) in [7, 11) is 0. The van der Waals surface area contributed by atoms with Crippen molar-refractivity contribution < 1.29 is 4.79 Å². The number of hydrogen-bond donors (Lipinski definition) is 0. The zero-order valence-corrected chi connectivity index (χ0v) is 13.3. The Hall–Kier alpha value is -2.56. The molecule has 1 aromatic carbocycles. The predicted octanol–water partition coefficient (Wildman–Crippen LogP) is 2.80. The Labute approximate surface area is 134 Å². The molecular weight excluding hydrogens is 288 g/mol. The van der Waals surface area contributed by atoms with Crippen molar-refractivity contribution in [2.24, 2.45) is 0 Å². The molecule has 23 heavy (non-hydrogen) atoms. The van der Waals surface area contributed by atoms with Gasteiger partial charge in [-0.1, -0.05) is 30.7 Å². The molecule has 0 bridgehead atoms. The van der Waals surface area contributed by atoms with E-state index in [1.807, 2.05) is 10.9 Å². The molecule has 5 heteroatoms. The van der Waals surface area contributed by atoms with Crippen LogP contribution in [0.1, 0.15) is 41.6 Å². The molecule has 116 valence electrons. The number of Topliss-reactive ketones (excluding diaryl/α,β-unsaturated/α-hetero) is 1. The lowest BCUT2D eigenvalue weighted by molar-refractivity contribution is -0.118. The molecule has 0 N–H and O–H groups in total. The van der Waals surface area contributed by atoms with Gasteiger partial charge in [0.2, 0.25) is 0 Å². The third-order valence-corrected chi connectivity index (χ3v) is 4.42. The molecule has 0 saturated heterocycles. The predicted molar refractivity (Wildman–Crippen MR) is 87.3 cm³/mol. The van der Waals surface area contributed by atoms with Crippen molar-refractivity contribution >= 4 is 16.8 Å². The van der Waals surface area contributed by atoms with Crippen LogP contribution in [-0.4, -0.2) is 25.5 Å². The van der Waals surface area contributed by atoms with Crippen molar-refractivity contribution in [3.8, 4) is 0 Å². The average Bonchev–Trinajstić information content (AvgIpc) is 3.07. The summed E-state index contributed by atoms with van der Waals surface area (Å²) in [5.74, 6) is -0.0940. The van der Waals surface area contributed by atoms with Crippen molar-refractivity contribution in [3.05, 3.63) is 53.1 Å². The minimum Gasteiger partial charge on any atom is -0.298 e. The van der Waals surface area contributed by atoms with Gasteiger partial charge in [-0.05, 0) is 24.5 Å². The van der Waals surface area contributed by atoms with Crippen molar-refractivity contribution in [2.45, 2.75) is 39.2 Å². The Kier molecular flexibility index (Phi) is 3.22. The van der Waals surface area contributed by atoms with Gasteiger partial charge in [-0.2, -0.15) is 5.10 Å². The summed E-state index contributed by atoms with van der Waals surface area (Å²) in [6.07, 6.45) is 4.97. The van der Waals surface area contributed by atoms with Gasteiger partial charge in [-0.3, -0.25) is 9.48 Å². The molecule has 0 radical (unpaired) electrons. The number of aromatic nitrogens is 4. The normalized spacial score (nSPS) is 17.0. The van der Waals surface area contributed by atoms with E-state index in [1.165, 1.54) is 6.33 Å². The standard InChI is InChI=1S/C18H18N4O/c1-3-6-22-9-14-17(19-10-20-18(14)21-22)16-13-7-11(2)4-5-12(13)8-15(16)23/h4-5,7,9-10,16H,3,6,8H2,1-2H3. The third kappa shape index (κ3) is 2.23. The fourth-order valence-electron chi connectivity index (χ4n) is 3.38. The van der Waals surface area contributed by atoms with E-state index in [0.29, 0.717) is 12.1 Å². The van der Waals surface area contributed by atoms with Crippen LogP contribution in [0.5, 0.6) is 0 Å². The molecule has 0 saturated carbocycles. The SMILES string of the molecule is CCCn1cc2c(C3C(=O)Cc4ccc(C)cc43)ncnc2n1. The van der Waals surface area contributed by atoms with Crippen molar-refractivity contribution in [1.29, 1.82) is 0 Å². The van der Waals surface area contributed by atoms with Crippen LogP contribution < -0.4 is 0 Å². The van der Waals surface area contributed by atoms with E-state index in [1.54, 1.807) is 0 Å². The second-order valence-electron chi connectivity index (χ2n) is 6.17. The van der Waals surface area contributed by atoms with Crippen LogP contribution in [0.25, 0.3) is 11.0 Å². The first-order chi connectivity index (χ1) is 11.2. The lowest BCUT2D eigenvalue weighted by atomic mass is 9.94. The lowest BCUT2D eigenvalue weighted by Crippen LogP contribution is -2.10. The highest BCUT2D eigenvalue weighted by Crippen LogP contribution is 2.37. The summed E-state index contributed by atoms with van der Waals surface area (Å²) in [5.41, 5.74) is 4.80. The smallest absolute Gasteiger partial charge is 0.184 e. The van der Waals surface area contributed by atoms with E-state index in [9.17, 15) is 4.79 Å². The molecule has 2 aromatic heterocycles. The fraction of sp³-hybridized carbons (Fsp3) is 0.333. The maximum atomic E-state index is 12.6. The number of benzene rings is 1. The maximum Gasteiger partial charge on any atom is 0.184 e. The van der Waals surface area contributed by atoms with Gasteiger partial charge >= 0.3 is 0 Å². The van der Waals surface area contributed by atoms with Gasteiger partial charge < -0.3 is 0 Å². The molecule has 1 aliphatic carbocycles.